The third kappa shape index (κ3) is 5.89. The largest absolute Gasteiger partial charge is 0.0817 e. The van der Waals surface area contributed by atoms with Crippen LogP contribution in [0.2, 0.25) is 0 Å². The van der Waals surface area contributed by atoms with Crippen LogP contribution in [0.4, 0.5) is 0 Å². The minimum atomic E-state index is 0.288. The van der Waals surface area contributed by atoms with Crippen LogP contribution in [0.3, 0.4) is 0 Å². The van der Waals surface area contributed by atoms with E-state index in [9.17, 15) is 0 Å². The highest BCUT2D eigenvalue weighted by molar-refractivity contribution is 5.14. The van der Waals surface area contributed by atoms with Crippen LogP contribution in [0.1, 0.15) is 69.2 Å². The van der Waals surface area contributed by atoms with Crippen LogP contribution in [0.5, 0.6) is 0 Å². The summed E-state index contributed by atoms with van der Waals surface area (Å²) in [5.41, 5.74) is 3.56. The van der Waals surface area contributed by atoms with Crippen molar-refractivity contribution in [3.05, 3.63) is 23.3 Å². The molecule has 0 nitrogen and oxygen atoms in total. The van der Waals surface area contributed by atoms with Crippen LogP contribution >= 0.6 is 0 Å². The van der Waals surface area contributed by atoms with Crippen molar-refractivity contribution < 1.29 is 0 Å². The summed E-state index contributed by atoms with van der Waals surface area (Å²) in [6, 6.07) is 0. The first-order chi connectivity index (χ1) is 7.85. The van der Waals surface area contributed by atoms with Gasteiger partial charge in [-0.1, -0.05) is 78.7 Å². The Kier molecular flexibility index (Phi) is 5.91. The van der Waals surface area contributed by atoms with Crippen LogP contribution in [0.25, 0.3) is 0 Å². The van der Waals surface area contributed by atoms with Crippen molar-refractivity contribution in [1.29, 1.82) is 0 Å². The molecule has 0 saturated carbocycles. The van der Waals surface area contributed by atoms with E-state index in [0.717, 1.165) is 0 Å². The van der Waals surface area contributed by atoms with E-state index in [-0.39, 0.29) is 10.8 Å². The molecule has 0 N–H and O–H groups in total. The van der Waals surface area contributed by atoms with Gasteiger partial charge in [-0.25, -0.2) is 0 Å². The molecule has 0 radical (unpaired) electrons. The lowest BCUT2D eigenvalue weighted by Gasteiger charge is -2.25. The van der Waals surface area contributed by atoms with Gasteiger partial charge in [0.2, 0.25) is 0 Å². The van der Waals surface area contributed by atoms with E-state index in [0.29, 0.717) is 11.8 Å². The van der Waals surface area contributed by atoms with Crippen molar-refractivity contribution in [2.24, 2.45) is 22.7 Å². The molecule has 0 heteroatoms. The van der Waals surface area contributed by atoms with Gasteiger partial charge in [0.25, 0.3) is 0 Å². The lowest BCUT2D eigenvalue weighted by atomic mass is 9.81. The topological polar surface area (TPSA) is 0 Å². The molecule has 0 amide bonds. The Labute approximate surface area is 116 Å². The average molecular weight is 250 g/mol. The predicted molar refractivity (Wildman–Crippen MR) is 84.8 cm³/mol. The number of rotatable bonds is 3. The third-order valence-corrected chi connectivity index (χ3v) is 4.22. The molecular weight excluding hydrogens is 216 g/mol. The Morgan fingerprint density at radius 1 is 0.667 bits per heavy atom. The zero-order valence-electron chi connectivity index (χ0n) is 14.3. The molecule has 0 spiro atoms. The summed E-state index contributed by atoms with van der Waals surface area (Å²) in [6.45, 7) is 22.9. The standard InChI is InChI=1S/C18H34/c1-13(11-15(3)17(5,6)7)14(2)12-16(4)18(8,9)10/h11-14H,1-10H3/b15-11+,16-12+. The molecule has 0 aromatic rings. The molecule has 2 atom stereocenters. The van der Waals surface area contributed by atoms with Crippen LogP contribution in [-0.4, -0.2) is 0 Å². The summed E-state index contributed by atoms with van der Waals surface area (Å²) >= 11 is 0. The van der Waals surface area contributed by atoms with Gasteiger partial charge < -0.3 is 0 Å². The highest BCUT2D eigenvalue weighted by Gasteiger charge is 2.17. The van der Waals surface area contributed by atoms with Crippen molar-refractivity contribution in [3.8, 4) is 0 Å². The Morgan fingerprint density at radius 3 is 1.06 bits per heavy atom. The molecule has 106 valence electrons. The first kappa shape index (κ1) is 17.5. The fourth-order valence-electron chi connectivity index (χ4n) is 1.59. The smallest absolute Gasteiger partial charge is 0.0176 e. The highest BCUT2D eigenvalue weighted by Crippen LogP contribution is 2.30. The number of hydrogen-bond donors (Lipinski definition) is 0. The highest BCUT2D eigenvalue weighted by atomic mass is 14.2. The van der Waals surface area contributed by atoms with E-state index < -0.39 is 0 Å². The summed E-state index contributed by atoms with van der Waals surface area (Å²) in [7, 11) is 0. The summed E-state index contributed by atoms with van der Waals surface area (Å²) in [6.07, 6.45) is 4.88. The van der Waals surface area contributed by atoms with Crippen molar-refractivity contribution >= 4 is 0 Å². The Morgan fingerprint density at radius 2 is 0.889 bits per heavy atom. The molecule has 0 aromatic carbocycles. The third-order valence-electron chi connectivity index (χ3n) is 4.22. The summed E-state index contributed by atoms with van der Waals surface area (Å²) in [5, 5.41) is 0. The minimum Gasteiger partial charge on any atom is -0.0817 e. The Balaban J connectivity index is 4.89. The maximum atomic E-state index is 2.44. The van der Waals surface area contributed by atoms with Crippen molar-refractivity contribution in [3.63, 3.8) is 0 Å². The normalized spacial score (nSPS) is 18.8. The molecule has 0 aliphatic carbocycles. The molecule has 2 unspecified atom stereocenters. The Bertz CT molecular complexity index is 281. The Hall–Kier alpha value is -0.520. The predicted octanol–water partition coefficient (Wildman–Crippen LogP) is 6.24. The van der Waals surface area contributed by atoms with Crippen molar-refractivity contribution in [2.45, 2.75) is 69.2 Å². The monoisotopic (exact) mass is 250 g/mol. The zero-order valence-corrected chi connectivity index (χ0v) is 14.3. The average Bonchev–Trinajstić information content (AvgIpc) is 2.14. The van der Waals surface area contributed by atoms with Crippen LogP contribution in [0.15, 0.2) is 23.3 Å². The molecule has 0 rings (SSSR count). The minimum absolute atomic E-state index is 0.288. The maximum Gasteiger partial charge on any atom is -0.0176 e. The van der Waals surface area contributed by atoms with E-state index in [1.807, 2.05) is 0 Å². The van der Waals surface area contributed by atoms with Gasteiger partial charge in [0, 0.05) is 0 Å². The summed E-state index contributed by atoms with van der Waals surface area (Å²) in [5.74, 6) is 1.20. The number of allylic oxidation sites excluding steroid dienone is 4. The van der Waals surface area contributed by atoms with Gasteiger partial charge in [-0.3, -0.25) is 0 Å². The second-order valence-corrected chi connectivity index (χ2v) is 7.92. The summed E-state index contributed by atoms with van der Waals surface area (Å²) < 4.78 is 0. The van der Waals surface area contributed by atoms with Crippen molar-refractivity contribution in [1.82, 2.24) is 0 Å². The van der Waals surface area contributed by atoms with Gasteiger partial charge in [-0.05, 0) is 36.5 Å². The van der Waals surface area contributed by atoms with E-state index >= 15 is 0 Å². The first-order valence-electron chi connectivity index (χ1n) is 7.23. The quantitative estimate of drug-likeness (QED) is 0.520. The van der Waals surface area contributed by atoms with Crippen LogP contribution in [0, 0.1) is 22.7 Å². The lowest BCUT2D eigenvalue weighted by molar-refractivity contribution is 0.468. The van der Waals surface area contributed by atoms with Gasteiger partial charge in [0.1, 0.15) is 0 Å². The van der Waals surface area contributed by atoms with E-state index in [2.05, 4.69) is 81.4 Å². The first-order valence-corrected chi connectivity index (χ1v) is 7.23. The second-order valence-electron chi connectivity index (χ2n) is 7.92. The molecule has 18 heavy (non-hydrogen) atoms. The fraction of sp³-hybridized carbons (Fsp3) is 0.778. The van der Waals surface area contributed by atoms with Gasteiger partial charge >= 0.3 is 0 Å². The van der Waals surface area contributed by atoms with Gasteiger partial charge in [0.15, 0.2) is 0 Å². The van der Waals surface area contributed by atoms with Gasteiger partial charge in [-0.2, -0.15) is 0 Å². The van der Waals surface area contributed by atoms with E-state index in [1.165, 1.54) is 11.1 Å². The molecule has 0 aliphatic heterocycles. The number of hydrogen-bond acceptors (Lipinski definition) is 0. The van der Waals surface area contributed by atoms with Gasteiger partial charge in [-0.15, -0.1) is 0 Å². The van der Waals surface area contributed by atoms with Gasteiger partial charge in [0.05, 0.1) is 0 Å². The van der Waals surface area contributed by atoms with Crippen molar-refractivity contribution in [2.75, 3.05) is 0 Å². The van der Waals surface area contributed by atoms with Crippen LogP contribution < -0.4 is 0 Å². The summed E-state index contributed by atoms with van der Waals surface area (Å²) in [4.78, 5) is 0. The van der Waals surface area contributed by atoms with E-state index in [4.69, 9.17) is 0 Å². The van der Waals surface area contributed by atoms with Crippen LogP contribution in [-0.2, 0) is 0 Å². The lowest BCUT2D eigenvalue weighted by Crippen LogP contribution is -2.13. The fourth-order valence-corrected chi connectivity index (χ4v) is 1.59. The van der Waals surface area contributed by atoms with E-state index in [1.54, 1.807) is 0 Å². The molecular formula is C18H34. The SMILES string of the molecule is C/C(=C\C(C)C(C)/C=C(\C)C(C)(C)C)C(C)(C)C. The molecule has 0 aliphatic rings. The molecule has 0 heterocycles. The zero-order chi connectivity index (χ0) is 14.7. The molecule has 0 aromatic heterocycles. The molecule has 0 fully saturated rings. The second kappa shape index (κ2) is 6.08. The molecule has 0 saturated heterocycles. The maximum absolute atomic E-state index is 2.44. The molecule has 0 bridgehead atoms.